The quantitative estimate of drug-likeness (QED) is 0.0199. The topological polar surface area (TPSA) is 78.9 Å². The summed E-state index contributed by atoms with van der Waals surface area (Å²) in [6, 6.07) is 0. The molecule has 0 radical (unpaired) electrons. The predicted molar refractivity (Wildman–Crippen MR) is 283 cm³/mol. The SMILES string of the molecule is CC/C=C\C/C=C\C/C=C\C/C=C\C/C=C\CCC(=O)OC(COC(=O)CCCCCC/C=C\C/C=C\C/C=C\CC)COC(=O)CCCCCCC/C=C\C=C/CCCCCCCCC. The van der Waals surface area contributed by atoms with E-state index in [9.17, 15) is 14.4 Å². The van der Waals surface area contributed by atoms with Crippen LogP contribution in [-0.4, -0.2) is 37.2 Å². The molecular weight excluding hydrogens is 817 g/mol. The molecule has 0 amide bonds. The number of ether oxygens (including phenoxy) is 3. The van der Waals surface area contributed by atoms with Gasteiger partial charge in [-0.25, -0.2) is 0 Å². The average Bonchev–Trinajstić information content (AvgIpc) is 3.31. The molecule has 0 saturated carbocycles. The fourth-order valence-corrected chi connectivity index (χ4v) is 6.79. The van der Waals surface area contributed by atoms with Crippen LogP contribution in [0.5, 0.6) is 0 Å². The van der Waals surface area contributed by atoms with Crippen molar-refractivity contribution in [3.63, 3.8) is 0 Å². The number of carbonyl (C=O) groups is 3. The molecule has 6 heteroatoms. The van der Waals surface area contributed by atoms with E-state index in [0.717, 1.165) is 122 Å². The monoisotopic (exact) mass is 913 g/mol. The van der Waals surface area contributed by atoms with Gasteiger partial charge in [0.2, 0.25) is 0 Å². The Morgan fingerprint density at radius 3 is 1.08 bits per heavy atom. The van der Waals surface area contributed by atoms with Crippen molar-refractivity contribution in [3.8, 4) is 0 Å². The first kappa shape index (κ1) is 61.8. The second kappa shape index (κ2) is 53.4. The summed E-state index contributed by atoms with van der Waals surface area (Å²) in [4.78, 5) is 38.0. The molecular formula is C60H96O6. The van der Waals surface area contributed by atoms with Crippen molar-refractivity contribution in [3.05, 3.63) is 122 Å². The van der Waals surface area contributed by atoms with Crippen LogP contribution >= 0.6 is 0 Å². The number of hydrogen-bond acceptors (Lipinski definition) is 6. The minimum atomic E-state index is -0.837. The molecule has 0 aliphatic heterocycles. The summed E-state index contributed by atoms with van der Waals surface area (Å²) in [5.74, 6) is -1.05. The van der Waals surface area contributed by atoms with Gasteiger partial charge in [-0.1, -0.05) is 213 Å². The van der Waals surface area contributed by atoms with Crippen LogP contribution in [-0.2, 0) is 28.6 Å². The second-order valence-electron chi connectivity index (χ2n) is 17.0. The molecule has 0 bridgehead atoms. The summed E-state index contributed by atoms with van der Waals surface area (Å²) in [7, 11) is 0. The largest absolute Gasteiger partial charge is 0.462 e. The Morgan fingerprint density at radius 1 is 0.333 bits per heavy atom. The third-order valence-corrected chi connectivity index (χ3v) is 10.7. The highest BCUT2D eigenvalue weighted by molar-refractivity contribution is 5.71. The Labute approximate surface area is 405 Å². The highest BCUT2D eigenvalue weighted by atomic mass is 16.6. The lowest BCUT2D eigenvalue weighted by atomic mass is 10.1. The van der Waals surface area contributed by atoms with Gasteiger partial charge in [0, 0.05) is 19.3 Å². The first-order chi connectivity index (χ1) is 32.5. The average molecular weight is 913 g/mol. The zero-order chi connectivity index (χ0) is 47.9. The number of allylic oxidation sites excluding steroid dienone is 20. The van der Waals surface area contributed by atoms with Gasteiger partial charge < -0.3 is 14.2 Å². The van der Waals surface area contributed by atoms with Crippen molar-refractivity contribution in [2.45, 2.75) is 226 Å². The molecule has 0 fully saturated rings. The molecule has 1 unspecified atom stereocenters. The maximum absolute atomic E-state index is 12.8. The van der Waals surface area contributed by atoms with E-state index in [1.165, 1.54) is 51.4 Å². The van der Waals surface area contributed by atoms with E-state index < -0.39 is 12.1 Å². The zero-order valence-corrected chi connectivity index (χ0v) is 42.4. The third kappa shape index (κ3) is 50.8. The highest BCUT2D eigenvalue weighted by Crippen LogP contribution is 2.12. The summed E-state index contributed by atoms with van der Waals surface area (Å²) >= 11 is 0. The summed E-state index contributed by atoms with van der Waals surface area (Å²) in [5.41, 5.74) is 0. The lowest BCUT2D eigenvalue weighted by molar-refractivity contribution is -0.166. The first-order valence-electron chi connectivity index (χ1n) is 26.6. The van der Waals surface area contributed by atoms with E-state index in [1.807, 2.05) is 12.2 Å². The van der Waals surface area contributed by atoms with Crippen LogP contribution in [0.4, 0.5) is 0 Å². The van der Waals surface area contributed by atoms with Crippen molar-refractivity contribution >= 4 is 17.9 Å². The van der Waals surface area contributed by atoms with Gasteiger partial charge in [0.15, 0.2) is 6.10 Å². The van der Waals surface area contributed by atoms with Crippen LogP contribution in [0.3, 0.4) is 0 Å². The maximum atomic E-state index is 12.8. The lowest BCUT2D eigenvalue weighted by Gasteiger charge is -2.18. The van der Waals surface area contributed by atoms with Crippen LogP contribution in [0.25, 0.3) is 0 Å². The van der Waals surface area contributed by atoms with Gasteiger partial charge >= 0.3 is 17.9 Å². The van der Waals surface area contributed by atoms with Gasteiger partial charge in [-0.05, 0) is 109 Å². The molecule has 0 saturated heterocycles. The van der Waals surface area contributed by atoms with Crippen molar-refractivity contribution in [1.29, 1.82) is 0 Å². The molecule has 0 aliphatic rings. The summed E-state index contributed by atoms with van der Waals surface area (Å²) in [6.07, 6.45) is 73.4. The Morgan fingerprint density at radius 2 is 0.667 bits per heavy atom. The van der Waals surface area contributed by atoms with Gasteiger partial charge in [-0.2, -0.15) is 0 Å². The fraction of sp³-hybridized carbons (Fsp3) is 0.617. The molecule has 66 heavy (non-hydrogen) atoms. The smallest absolute Gasteiger partial charge is 0.306 e. The lowest BCUT2D eigenvalue weighted by Crippen LogP contribution is -2.30. The minimum Gasteiger partial charge on any atom is -0.462 e. The van der Waals surface area contributed by atoms with E-state index in [1.54, 1.807) is 0 Å². The first-order valence-corrected chi connectivity index (χ1v) is 26.6. The molecule has 0 aliphatic carbocycles. The Balaban J connectivity index is 4.56. The normalized spacial score (nSPS) is 13.1. The zero-order valence-electron chi connectivity index (χ0n) is 42.4. The van der Waals surface area contributed by atoms with E-state index >= 15 is 0 Å². The number of carbonyl (C=O) groups excluding carboxylic acids is 3. The Kier molecular flexibility index (Phi) is 50.0. The van der Waals surface area contributed by atoms with Crippen LogP contribution in [0, 0.1) is 0 Å². The third-order valence-electron chi connectivity index (χ3n) is 10.7. The van der Waals surface area contributed by atoms with Crippen molar-refractivity contribution in [2.75, 3.05) is 13.2 Å². The number of hydrogen-bond donors (Lipinski definition) is 0. The van der Waals surface area contributed by atoms with E-state index in [4.69, 9.17) is 14.2 Å². The van der Waals surface area contributed by atoms with Crippen LogP contribution in [0.15, 0.2) is 122 Å². The second-order valence-corrected chi connectivity index (χ2v) is 17.0. The molecule has 1 atom stereocenters. The molecule has 0 aromatic heterocycles. The molecule has 0 rings (SSSR count). The maximum Gasteiger partial charge on any atom is 0.306 e. The number of unbranched alkanes of at least 4 members (excludes halogenated alkanes) is 16. The summed E-state index contributed by atoms with van der Waals surface area (Å²) in [6.45, 7) is 6.30. The Hall–Kier alpha value is -4.19. The summed E-state index contributed by atoms with van der Waals surface area (Å²) in [5, 5.41) is 0. The van der Waals surface area contributed by atoms with E-state index in [-0.39, 0.29) is 31.6 Å². The molecule has 0 heterocycles. The van der Waals surface area contributed by atoms with Gasteiger partial charge in [0.25, 0.3) is 0 Å². The Bertz CT molecular complexity index is 1420. The van der Waals surface area contributed by atoms with Crippen LogP contribution in [0.2, 0.25) is 0 Å². The van der Waals surface area contributed by atoms with E-state index in [0.29, 0.717) is 19.3 Å². The van der Waals surface area contributed by atoms with E-state index in [2.05, 4.69) is 130 Å². The molecule has 6 nitrogen and oxygen atoms in total. The molecule has 0 aromatic rings. The minimum absolute atomic E-state index is 0.126. The standard InChI is InChI=1S/C60H96O6/c1-4-7-10-13-16-19-22-25-28-30-31-33-35-38-41-44-47-50-53-59(62)65-56-57(55-64-58(61)52-49-46-43-40-37-34-27-24-21-18-15-12-9-6-3)66-60(63)54-51-48-45-42-39-36-32-29-26-23-20-17-14-11-8-5-2/h8-9,11-12,17-18,20-21,26-31,33-34,36,39,45,48,57H,4-7,10,13-16,19,22-25,32,35,37-38,40-44,46-47,49-56H2,1-3H3/b11-8-,12-9-,20-17-,21-18-,29-26-,30-28-,33-31-,34-27-,39-36-,48-45-. The number of rotatable bonds is 46. The van der Waals surface area contributed by atoms with Crippen molar-refractivity contribution in [2.24, 2.45) is 0 Å². The summed E-state index contributed by atoms with van der Waals surface area (Å²) < 4.78 is 16.7. The van der Waals surface area contributed by atoms with Gasteiger partial charge in [-0.3, -0.25) is 14.4 Å². The molecule has 0 spiro atoms. The predicted octanol–water partition coefficient (Wildman–Crippen LogP) is 17.7. The molecule has 372 valence electrons. The van der Waals surface area contributed by atoms with Crippen molar-refractivity contribution < 1.29 is 28.6 Å². The highest BCUT2D eigenvalue weighted by Gasteiger charge is 2.19. The van der Waals surface area contributed by atoms with Gasteiger partial charge in [-0.15, -0.1) is 0 Å². The molecule has 0 N–H and O–H groups in total. The van der Waals surface area contributed by atoms with Gasteiger partial charge in [0.05, 0.1) is 0 Å². The van der Waals surface area contributed by atoms with Gasteiger partial charge in [0.1, 0.15) is 13.2 Å². The van der Waals surface area contributed by atoms with Crippen molar-refractivity contribution in [1.82, 2.24) is 0 Å². The molecule has 0 aromatic carbocycles. The van der Waals surface area contributed by atoms with Crippen LogP contribution in [0.1, 0.15) is 220 Å². The van der Waals surface area contributed by atoms with Crippen LogP contribution < -0.4 is 0 Å². The number of esters is 3. The fourth-order valence-electron chi connectivity index (χ4n) is 6.79.